The molecule has 0 atom stereocenters. The lowest BCUT2D eigenvalue weighted by atomic mass is 10.1. The molecule has 3 rings (SSSR count). The molecule has 5 heteroatoms. The molecule has 1 aromatic heterocycles. The minimum atomic E-state index is -0.249. The number of nitrogens with zero attached hydrogens (tertiary/aromatic N) is 1. The van der Waals surface area contributed by atoms with Gasteiger partial charge < -0.3 is 10.6 Å². The van der Waals surface area contributed by atoms with Crippen LogP contribution in [0.1, 0.15) is 20.8 Å². The first kappa shape index (κ1) is 15.7. The molecule has 0 spiro atoms. The van der Waals surface area contributed by atoms with E-state index in [1.807, 2.05) is 48.5 Å². The van der Waals surface area contributed by atoms with Crippen molar-refractivity contribution in [3.05, 3.63) is 78.1 Å². The van der Waals surface area contributed by atoms with E-state index >= 15 is 0 Å². The van der Waals surface area contributed by atoms with Crippen LogP contribution in [0.25, 0.3) is 10.8 Å². The Kier molecular flexibility index (Phi) is 4.81. The highest BCUT2D eigenvalue weighted by atomic mass is 16.2. The van der Waals surface area contributed by atoms with E-state index in [1.54, 1.807) is 18.3 Å². The molecule has 1 heterocycles. The number of hydrogen-bond donors (Lipinski definition) is 2. The van der Waals surface area contributed by atoms with E-state index in [-0.39, 0.29) is 11.8 Å². The summed E-state index contributed by atoms with van der Waals surface area (Å²) in [5, 5.41) is 7.33. The van der Waals surface area contributed by atoms with Gasteiger partial charge in [-0.3, -0.25) is 14.6 Å². The fourth-order valence-electron chi connectivity index (χ4n) is 2.43. The zero-order valence-corrected chi connectivity index (χ0v) is 13.0. The van der Waals surface area contributed by atoms with Crippen molar-refractivity contribution in [2.45, 2.75) is 0 Å². The summed E-state index contributed by atoms with van der Waals surface area (Å²) >= 11 is 0. The molecule has 2 aromatic carbocycles. The molecule has 0 bridgehead atoms. The Morgan fingerprint density at radius 3 is 2.25 bits per heavy atom. The number of amides is 2. The van der Waals surface area contributed by atoms with Crippen molar-refractivity contribution in [3.8, 4) is 0 Å². The smallest absolute Gasteiger partial charge is 0.270 e. The third-order valence-corrected chi connectivity index (χ3v) is 3.62. The number of fused-ring (bicyclic) bond motifs is 1. The second-order valence-electron chi connectivity index (χ2n) is 5.26. The van der Waals surface area contributed by atoms with Crippen molar-refractivity contribution < 1.29 is 9.59 Å². The largest absolute Gasteiger partial charge is 0.350 e. The number of pyridine rings is 1. The Bertz CT molecular complexity index is 857. The van der Waals surface area contributed by atoms with Crippen molar-refractivity contribution in [2.75, 3.05) is 13.1 Å². The lowest BCUT2D eigenvalue weighted by Crippen LogP contribution is -2.35. The van der Waals surface area contributed by atoms with Gasteiger partial charge in [0.2, 0.25) is 0 Å². The van der Waals surface area contributed by atoms with E-state index in [0.717, 1.165) is 10.8 Å². The number of carbonyl (C=O) groups is 2. The van der Waals surface area contributed by atoms with Crippen LogP contribution >= 0.6 is 0 Å². The van der Waals surface area contributed by atoms with Gasteiger partial charge in [0.25, 0.3) is 11.8 Å². The van der Waals surface area contributed by atoms with Gasteiger partial charge in [0.1, 0.15) is 5.69 Å². The molecule has 3 aromatic rings. The molecule has 2 amide bonds. The van der Waals surface area contributed by atoms with Gasteiger partial charge in [-0.05, 0) is 23.6 Å². The summed E-state index contributed by atoms with van der Waals surface area (Å²) in [5.74, 6) is -0.408. The van der Waals surface area contributed by atoms with Gasteiger partial charge in [-0.2, -0.15) is 0 Å². The van der Waals surface area contributed by atoms with Crippen molar-refractivity contribution in [3.63, 3.8) is 0 Å². The molecule has 0 aliphatic heterocycles. The number of carbonyl (C=O) groups excluding carboxylic acids is 2. The highest BCUT2D eigenvalue weighted by Gasteiger charge is 2.11. The standard InChI is InChI=1S/C19H17N3O2/c23-18(15-7-2-1-3-8-15)21-12-13-22-19(24)17-16-9-5-4-6-14(16)10-11-20-17/h1-11H,12-13H2,(H,21,23)(H,22,24). The summed E-state index contributed by atoms with van der Waals surface area (Å²) in [4.78, 5) is 28.4. The van der Waals surface area contributed by atoms with E-state index in [9.17, 15) is 9.59 Å². The van der Waals surface area contributed by atoms with Crippen molar-refractivity contribution in [1.82, 2.24) is 15.6 Å². The van der Waals surface area contributed by atoms with E-state index in [2.05, 4.69) is 15.6 Å². The second kappa shape index (κ2) is 7.37. The van der Waals surface area contributed by atoms with E-state index in [0.29, 0.717) is 24.3 Å². The Hall–Kier alpha value is -3.21. The summed E-state index contributed by atoms with van der Waals surface area (Å²) in [6, 6.07) is 18.4. The van der Waals surface area contributed by atoms with E-state index in [4.69, 9.17) is 0 Å². The van der Waals surface area contributed by atoms with E-state index in [1.165, 1.54) is 0 Å². The first-order chi connectivity index (χ1) is 11.8. The van der Waals surface area contributed by atoms with Crippen LogP contribution in [0.5, 0.6) is 0 Å². The molecule has 120 valence electrons. The SMILES string of the molecule is O=C(NCCNC(=O)c1nccc2ccccc12)c1ccccc1. The fraction of sp³-hybridized carbons (Fsp3) is 0.105. The molecule has 0 fully saturated rings. The molecule has 0 aliphatic rings. The molecule has 0 unspecified atom stereocenters. The fourth-order valence-corrected chi connectivity index (χ4v) is 2.43. The Labute approximate surface area is 139 Å². The van der Waals surface area contributed by atoms with Crippen LogP contribution in [0.2, 0.25) is 0 Å². The zero-order valence-electron chi connectivity index (χ0n) is 13.0. The van der Waals surface area contributed by atoms with Crippen LogP contribution in [0.3, 0.4) is 0 Å². The maximum absolute atomic E-state index is 12.3. The highest BCUT2D eigenvalue weighted by molar-refractivity contribution is 6.05. The average molecular weight is 319 g/mol. The highest BCUT2D eigenvalue weighted by Crippen LogP contribution is 2.15. The second-order valence-corrected chi connectivity index (χ2v) is 5.26. The van der Waals surface area contributed by atoms with Crippen LogP contribution < -0.4 is 10.6 Å². The minimum Gasteiger partial charge on any atom is -0.350 e. The number of rotatable bonds is 5. The lowest BCUT2D eigenvalue weighted by molar-refractivity contribution is 0.0926. The average Bonchev–Trinajstić information content (AvgIpc) is 2.65. The first-order valence-corrected chi connectivity index (χ1v) is 7.71. The maximum Gasteiger partial charge on any atom is 0.270 e. The van der Waals surface area contributed by atoms with Crippen LogP contribution in [0.15, 0.2) is 66.9 Å². The van der Waals surface area contributed by atoms with Crippen molar-refractivity contribution in [1.29, 1.82) is 0 Å². The van der Waals surface area contributed by atoms with Gasteiger partial charge >= 0.3 is 0 Å². The molecular formula is C19H17N3O2. The molecule has 0 saturated heterocycles. The Morgan fingerprint density at radius 1 is 0.792 bits per heavy atom. The van der Waals surface area contributed by atoms with Gasteiger partial charge in [0.15, 0.2) is 0 Å². The summed E-state index contributed by atoms with van der Waals surface area (Å²) in [7, 11) is 0. The predicted octanol–water partition coefficient (Wildman–Crippen LogP) is 2.39. The monoisotopic (exact) mass is 319 g/mol. The van der Waals surface area contributed by atoms with Gasteiger partial charge in [-0.15, -0.1) is 0 Å². The van der Waals surface area contributed by atoms with Gasteiger partial charge in [0, 0.05) is 30.2 Å². The normalized spacial score (nSPS) is 10.3. The summed E-state index contributed by atoms with van der Waals surface area (Å²) < 4.78 is 0. The number of aromatic nitrogens is 1. The quantitative estimate of drug-likeness (QED) is 0.709. The summed E-state index contributed by atoms with van der Waals surface area (Å²) in [5.41, 5.74) is 0.988. The zero-order chi connectivity index (χ0) is 16.8. The van der Waals surface area contributed by atoms with Crippen molar-refractivity contribution in [2.24, 2.45) is 0 Å². The summed E-state index contributed by atoms with van der Waals surface area (Å²) in [6.07, 6.45) is 1.62. The number of hydrogen-bond acceptors (Lipinski definition) is 3. The van der Waals surface area contributed by atoms with Crippen LogP contribution in [-0.4, -0.2) is 29.9 Å². The lowest BCUT2D eigenvalue weighted by Gasteiger charge is -2.08. The molecule has 5 nitrogen and oxygen atoms in total. The molecular weight excluding hydrogens is 302 g/mol. The third kappa shape index (κ3) is 3.57. The third-order valence-electron chi connectivity index (χ3n) is 3.62. The Morgan fingerprint density at radius 2 is 1.46 bits per heavy atom. The van der Waals surface area contributed by atoms with Crippen LogP contribution in [0.4, 0.5) is 0 Å². The van der Waals surface area contributed by atoms with E-state index < -0.39 is 0 Å². The van der Waals surface area contributed by atoms with Gasteiger partial charge in [0.05, 0.1) is 0 Å². The molecule has 0 aliphatic carbocycles. The molecule has 24 heavy (non-hydrogen) atoms. The molecule has 2 N–H and O–H groups in total. The van der Waals surface area contributed by atoms with Gasteiger partial charge in [-0.25, -0.2) is 0 Å². The molecule has 0 saturated carbocycles. The van der Waals surface area contributed by atoms with Crippen LogP contribution in [0, 0.1) is 0 Å². The molecule has 0 radical (unpaired) electrons. The summed E-state index contributed by atoms with van der Waals surface area (Å²) in [6.45, 7) is 0.687. The predicted molar refractivity (Wildman–Crippen MR) is 92.9 cm³/mol. The first-order valence-electron chi connectivity index (χ1n) is 7.71. The van der Waals surface area contributed by atoms with Crippen molar-refractivity contribution >= 4 is 22.6 Å². The minimum absolute atomic E-state index is 0.159. The topological polar surface area (TPSA) is 71.1 Å². The number of nitrogens with one attached hydrogen (secondary N) is 2. The Balaban J connectivity index is 1.55. The van der Waals surface area contributed by atoms with Crippen LogP contribution in [-0.2, 0) is 0 Å². The number of benzene rings is 2. The maximum atomic E-state index is 12.3. The van der Waals surface area contributed by atoms with Gasteiger partial charge in [-0.1, -0.05) is 42.5 Å².